The number of benzene rings is 1. The van der Waals surface area contributed by atoms with Crippen LogP contribution in [-0.2, 0) is 11.3 Å². The number of hydrogen-bond donors (Lipinski definition) is 1. The Morgan fingerprint density at radius 1 is 1.18 bits per heavy atom. The van der Waals surface area contributed by atoms with Gasteiger partial charge in [0, 0.05) is 17.1 Å². The maximum absolute atomic E-state index is 5.59. The van der Waals surface area contributed by atoms with E-state index in [1.807, 2.05) is 12.1 Å². The number of anilines is 1. The fourth-order valence-corrected chi connectivity index (χ4v) is 2.24. The summed E-state index contributed by atoms with van der Waals surface area (Å²) in [6.07, 6.45) is 0. The molecular weight excluding hydrogens is 230 g/mol. The van der Waals surface area contributed by atoms with Gasteiger partial charge in [-0.05, 0) is 30.0 Å². The van der Waals surface area contributed by atoms with E-state index in [1.165, 1.54) is 16.1 Å². The molecule has 1 aromatic heterocycles. The standard InChI is InChI=1S/C14H17NOS/c1-12-5-2-3-7-14(12)15-8-9-16-11-13-6-4-10-17-13/h2-7,10,15H,8-9,11H2,1H3. The van der Waals surface area contributed by atoms with Crippen molar-refractivity contribution in [3.8, 4) is 0 Å². The smallest absolute Gasteiger partial charge is 0.0810 e. The number of aryl methyl sites for hydroxylation is 1. The minimum absolute atomic E-state index is 0.715. The largest absolute Gasteiger partial charge is 0.383 e. The molecule has 2 nitrogen and oxygen atoms in total. The molecule has 17 heavy (non-hydrogen) atoms. The van der Waals surface area contributed by atoms with Crippen LogP contribution in [0.3, 0.4) is 0 Å². The zero-order chi connectivity index (χ0) is 11.9. The lowest BCUT2D eigenvalue weighted by Crippen LogP contribution is -2.09. The molecule has 0 aliphatic rings. The van der Waals surface area contributed by atoms with Crippen LogP contribution in [0.5, 0.6) is 0 Å². The summed E-state index contributed by atoms with van der Waals surface area (Å²) >= 11 is 1.73. The fourth-order valence-electron chi connectivity index (χ4n) is 1.60. The average molecular weight is 247 g/mol. The first-order chi connectivity index (χ1) is 8.36. The second-order valence-corrected chi connectivity index (χ2v) is 4.91. The third-order valence-electron chi connectivity index (χ3n) is 2.53. The Labute approximate surface area is 106 Å². The van der Waals surface area contributed by atoms with Gasteiger partial charge < -0.3 is 10.1 Å². The van der Waals surface area contributed by atoms with Crippen molar-refractivity contribution in [2.45, 2.75) is 13.5 Å². The van der Waals surface area contributed by atoms with Crippen molar-refractivity contribution in [3.05, 3.63) is 52.2 Å². The quantitative estimate of drug-likeness (QED) is 0.786. The first kappa shape index (κ1) is 12.1. The molecule has 0 aliphatic carbocycles. The van der Waals surface area contributed by atoms with Crippen molar-refractivity contribution < 1.29 is 4.74 Å². The van der Waals surface area contributed by atoms with Gasteiger partial charge in [-0.2, -0.15) is 0 Å². The van der Waals surface area contributed by atoms with Gasteiger partial charge in [0.15, 0.2) is 0 Å². The predicted octanol–water partition coefficient (Wildman–Crippen LogP) is 3.69. The van der Waals surface area contributed by atoms with Crippen LogP contribution in [0.25, 0.3) is 0 Å². The lowest BCUT2D eigenvalue weighted by atomic mass is 10.2. The van der Waals surface area contributed by atoms with Crippen LogP contribution in [0, 0.1) is 6.92 Å². The van der Waals surface area contributed by atoms with Crippen LogP contribution >= 0.6 is 11.3 Å². The maximum atomic E-state index is 5.59. The number of para-hydroxylation sites is 1. The molecule has 0 atom stereocenters. The second-order valence-electron chi connectivity index (χ2n) is 3.87. The van der Waals surface area contributed by atoms with Crippen LogP contribution in [0.2, 0.25) is 0 Å². The molecule has 0 spiro atoms. The Morgan fingerprint density at radius 3 is 2.82 bits per heavy atom. The van der Waals surface area contributed by atoms with E-state index in [2.05, 4.69) is 41.9 Å². The average Bonchev–Trinajstić information content (AvgIpc) is 2.84. The Bertz CT molecular complexity index is 439. The normalized spacial score (nSPS) is 10.4. The van der Waals surface area contributed by atoms with E-state index >= 15 is 0 Å². The molecule has 90 valence electrons. The van der Waals surface area contributed by atoms with E-state index in [1.54, 1.807) is 11.3 Å². The number of rotatable bonds is 6. The zero-order valence-electron chi connectivity index (χ0n) is 9.98. The van der Waals surface area contributed by atoms with E-state index < -0.39 is 0 Å². The minimum Gasteiger partial charge on any atom is -0.383 e. The van der Waals surface area contributed by atoms with E-state index in [9.17, 15) is 0 Å². The SMILES string of the molecule is Cc1ccccc1NCCOCc1cccs1. The Hall–Kier alpha value is -1.32. The minimum atomic E-state index is 0.715. The summed E-state index contributed by atoms with van der Waals surface area (Å²) in [6, 6.07) is 12.4. The molecular formula is C14H17NOS. The lowest BCUT2D eigenvalue weighted by Gasteiger charge is -2.09. The van der Waals surface area contributed by atoms with Crippen molar-refractivity contribution in [3.63, 3.8) is 0 Å². The third kappa shape index (κ3) is 3.88. The van der Waals surface area contributed by atoms with Crippen molar-refractivity contribution >= 4 is 17.0 Å². The number of hydrogen-bond acceptors (Lipinski definition) is 3. The van der Waals surface area contributed by atoms with E-state index in [4.69, 9.17) is 4.74 Å². The van der Waals surface area contributed by atoms with Crippen LogP contribution < -0.4 is 5.32 Å². The molecule has 0 saturated carbocycles. The van der Waals surface area contributed by atoms with Crippen molar-refractivity contribution in [1.82, 2.24) is 0 Å². The molecule has 0 aliphatic heterocycles. The summed E-state index contributed by atoms with van der Waals surface area (Å²) in [5.41, 5.74) is 2.46. The number of thiophene rings is 1. The van der Waals surface area contributed by atoms with E-state index in [0.29, 0.717) is 6.61 Å². The van der Waals surface area contributed by atoms with Gasteiger partial charge in [-0.15, -0.1) is 11.3 Å². The highest BCUT2D eigenvalue weighted by Gasteiger charge is 1.96. The van der Waals surface area contributed by atoms with Gasteiger partial charge in [-0.1, -0.05) is 24.3 Å². The summed E-state index contributed by atoms with van der Waals surface area (Å²) in [5.74, 6) is 0. The number of ether oxygens (including phenoxy) is 1. The molecule has 0 radical (unpaired) electrons. The molecule has 0 unspecified atom stereocenters. The molecule has 0 saturated heterocycles. The van der Waals surface area contributed by atoms with E-state index in [0.717, 1.165) is 13.2 Å². The highest BCUT2D eigenvalue weighted by atomic mass is 32.1. The van der Waals surface area contributed by atoms with Crippen molar-refractivity contribution in [1.29, 1.82) is 0 Å². The summed E-state index contributed by atoms with van der Waals surface area (Å²) in [4.78, 5) is 1.28. The van der Waals surface area contributed by atoms with Crippen LogP contribution in [0.15, 0.2) is 41.8 Å². The fraction of sp³-hybridized carbons (Fsp3) is 0.286. The first-order valence-electron chi connectivity index (χ1n) is 5.76. The molecule has 2 aromatic rings. The molecule has 1 N–H and O–H groups in total. The summed E-state index contributed by atoms with van der Waals surface area (Å²) in [5, 5.41) is 5.45. The topological polar surface area (TPSA) is 21.3 Å². The third-order valence-corrected chi connectivity index (χ3v) is 3.38. The summed E-state index contributed by atoms with van der Waals surface area (Å²) in [6.45, 7) is 4.39. The van der Waals surface area contributed by atoms with E-state index in [-0.39, 0.29) is 0 Å². The van der Waals surface area contributed by atoms with Gasteiger partial charge in [0.2, 0.25) is 0 Å². The second kappa shape index (κ2) is 6.42. The zero-order valence-corrected chi connectivity index (χ0v) is 10.8. The Balaban J connectivity index is 1.65. The van der Waals surface area contributed by atoms with Gasteiger partial charge in [-0.3, -0.25) is 0 Å². The van der Waals surface area contributed by atoms with Crippen LogP contribution in [0.4, 0.5) is 5.69 Å². The van der Waals surface area contributed by atoms with Crippen molar-refractivity contribution in [2.75, 3.05) is 18.5 Å². The van der Waals surface area contributed by atoms with Crippen LogP contribution in [-0.4, -0.2) is 13.2 Å². The molecule has 0 amide bonds. The summed E-state index contributed by atoms with van der Waals surface area (Å²) in [7, 11) is 0. The predicted molar refractivity (Wildman–Crippen MR) is 73.6 cm³/mol. The van der Waals surface area contributed by atoms with Gasteiger partial charge in [-0.25, -0.2) is 0 Å². The molecule has 2 rings (SSSR count). The molecule has 1 heterocycles. The van der Waals surface area contributed by atoms with Gasteiger partial charge in [0.05, 0.1) is 13.2 Å². The Morgan fingerprint density at radius 2 is 2.06 bits per heavy atom. The van der Waals surface area contributed by atoms with Crippen molar-refractivity contribution in [2.24, 2.45) is 0 Å². The monoisotopic (exact) mass is 247 g/mol. The van der Waals surface area contributed by atoms with Gasteiger partial charge in [0.25, 0.3) is 0 Å². The Kier molecular flexibility index (Phi) is 4.59. The molecule has 0 fully saturated rings. The van der Waals surface area contributed by atoms with Gasteiger partial charge >= 0.3 is 0 Å². The highest BCUT2D eigenvalue weighted by Crippen LogP contribution is 2.12. The first-order valence-corrected chi connectivity index (χ1v) is 6.64. The lowest BCUT2D eigenvalue weighted by molar-refractivity contribution is 0.132. The summed E-state index contributed by atoms with van der Waals surface area (Å²) < 4.78 is 5.59. The highest BCUT2D eigenvalue weighted by molar-refractivity contribution is 7.09. The number of nitrogens with one attached hydrogen (secondary N) is 1. The molecule has 3 heteroatoms. The van der Waals surface area contributed by atoms with Crippen LogP contribution in [0.1, 0.15) is 10.4 Å². The van der Waals surface area contributed by atoms with Gasteiger partial charge in [0.1, 0.15) is 0 Å². The molecule has 0 bridgehead atoms. The maximum Gasteiger partial charge on any atom is 0.0810 e. The molecule has 1 aromatic carbocycles.